The van der Waals surface area contributed by atoms with Gasteiger partial charge in [-0.15, -0.1) is 0 Å². The summed E-state index contributed by atoms with van der Waals surface area (Å²) in [5.74, 6) is 2.17. The minimum atomic E-state index is -0.309. The first-order chi connectivity index (χ1) is 15.0. The molecule has 7 heteroatoms. The number of halogens is 1. The Balaban J connectivity index is 1.43. The van der Waals surface area contributed by atoms with Gasteiger partial charge in [-0.05, 0) is 49.2 Å². The highest BCUT2D eigenvalue weighted by atomic mass is 19.1. The summed E-state index contributed by atoms with van der Waals surface area (Å²) in [6.07, 6.45) is 0. The van der Waals surface area contributed by atoms with Crippen molar-refractivity contribution in [2.24, 2.45) is 0 Å². The van der Waals surface area contributed by atoms with E-state index >= 15 is 0 Å². The molecule has 2 aromatic heterocycles. The van der Waals surface area contributed by atoms with Crippen LogP contribution >= 0.6 is 0 Å². The Labute approximate surface area is 177 Å². The first-order valence-corrected chi connectivity index (χ1v) is 9.77. The van der Waals surface area contributed by atoms with Crippen molar-refractivity contribution in [1.82, 2.24) is 20.1 Å². The van der Waals surface area contributed by atoms with Crippen molar-refractivity contribution in [1.29, 1.82) is 0 Å². The average Bonchev–Trinajstić information content (AvgIpc) is 3.41. The van der Waals surface area contributed by atoms with E-state index in [1.54, 1.807) is 13.2 Å². The molecular weight excluding hydrogens is 395 g/mol. The molecule has 0 radical (unpaired) electrons. The molecule has 1 N–H and O–H groups in total. The molecule has 0 unspecified atom stereocenters. The van der Waals surface area contributed by atoms with Crippen molar-refractivity contribution in [2.75, 3.05) is 7.11 Å². The number of hydrogen-bond acceptors (Lipinski definition) is 5. The van der Waals surface area contributed by atoms with Gasteiger partial charge in [0.05, 0.1) is 18.1 Å². The lowest BCUT2D eigenvalue weighted by Crippen LogP contribution is -1.92. The van der Waals surface area contributed by atoms with Crippen LogP contribution in [-0.2, 0) is 0 Å². The number of aryl methyl sites for hydroxylation is 2. The maximum atomic E-state index is 13.4. The van der Waals surface area contributed by atoms with E-state index in [4.69, 9.17) is 9.26 Å². The Morgan fingerprint density at radius 2 is 1.58 bits per heavy atom. The lowest BCUT2D eigenvalue weighted by Gasteiger charge is -2.09. The van der Waals surface area contributed by atoms with Crippen molar-refractivity contribution >= 4 is 11.0 Å². The zero-order chi connectivity index (χ0) is 21.5. The van der Waals surface area contributed by atoms with Crippen molar-refractivity contribution < 1.29 is 13.7 Å². The molecule has 0 fully saturated rings. The molecule has 6 nitrogen and oxygen atoms in total. The minimum absolute atomic E-state index is 0.309. The van der Waals surface area contributed by atoms with Gasteiger partial charge in [-0.25, -0.2) is 9.37 Å². The third-order valence-electron chi connectivity index (χ3n) is 5.20. The number of imidazole rings is 1. The molecule has 31 heavy (non-hydrogen) atoms. The van der Waals surface area contributed by atoms with Crippen molar-refractivity contribution in [3.63, 3.8) is 0 Å². The zero-order valence-corrected chi connectivity index (χ0v) is 17.2. The minimum Gasteiger partial charge on any atom is -0.496 e. The van der Waals surface area contributed by atoms with E-state index in [1.165, 1.54) is 12.1 Å². The van der Waals surface area contributed by atoms with E-state index in [1.807, 2.05) is 50.2 Å². The number of hydrogen-bond donors (Lipinski definition) is 1. The number of methoxy groups -OCH3 is 1. The molecule has 0 amide bonds. The number of rotatable bonds is 4. The molecule has 0 saturated heterocycles. The molecule has 5 aromatic rings. The SMILES string of the molecule is COc1c(C)cc(-c2nc(-c3ccc(-c4nc5cc(F)ccc5[nH]4)cc3)no2)cc1C. The fraction of sp³-hybridized carbons (Fsp3) is 0.125. The van der Waals surface area contributed by atoms with E-state index < -0.39 is 0 Å². The third-order valence-corrected chi connectivity index (χ3v) is 5.20. The van der Waals surface area contributed by atoms with Crippen LogP contribution in [0.2, 0.25) is 0 Å². The zero-order valence-electron chi connectivity index (χ0n) is 17.2. The van der Waals surface area contributed by atoms with E-state index in [9.17, 15) is 4.39 Å². The van der Waals surface area contributed by atoms with Crippen LogP contribution < -0.4 is 4.74 Å². The van der Waals surface area contributed by atoms with Gasteiger partial charge in [0.2, 0.25) is 5.82 Å². The average molecular weight is 414 g/mol. The molecule has 0 aliphatic carbocycles. The molecule has 3 aromatic carbocycles. The number of nitrogens with zero attached hydrogens (tertiary/aromatic N) is 3. The number of nitrogens with one attached hydrogen (secondary N) is 1. The molecule has 0 spiro atoms. The maximum Gasteiger partial charge on any atom is 0.258 e. The molecule has 5 rings (SSSR count). The highest BCUT2D eigenvalue weighted by Gasteiger charge is 2.14. The molecule has 0 bridgehead atoms. The van der Waals surface area contributed by atoms with E-state index in [0.717, 1.165) is 39.1 Å². The summed E-state index contributed by atoms with van der Waals surface area (Å²) >= 11 is 0. The van der Waals surface area contributed by atoms with Crippen molar-refractivity contribution in [2.45, 2.75) is 13.8 Å². The Hall–Kier alpha value is -4.00. The summed E-state index contributed by atoms with van der Waals surface area (Å²) in [6, 6.07) is 16.1. The predicted molar refractivity (Wildman–Crippen MR) is 116 cm³/mol. The summed E-state index contributed by atoms with van der Waals surface area (Å²) < 4.78 is 24.3. The number of H-pyrrole nitrogens is 1. The fourth-order valence-corrected chi connectivity index (χ4v) is 3.75. The Kier molecular flexibility index (Phi) is 4.51. The number of aromatic amines is 1. The van der Waals surface area contributed by atoms with E-state index in [2.05, 4.69) is 20.1 Å². The quantitative estimate of drug-likeness (QED) is 0.407. The standard InChI is InChI=1S/C24H19FN4O2/c1-13-10-17(11-14(2)21(13)30-3)24-28-23(29-31-24)16-6-4-15(5-7-16)22-26-19-9-8-18(25)12-20(19)27-22/h4-12H,1-3H3,(H,26,27). The number of ether oxygens (including phenoxy) is 1. The lowest BCUT2D eigenvalue weighted by molar-refractivity contribution is 0.408. The van der Waals surface area contributed by atoms with Gasteiger partial charge in [0.25, 0.3) is 5.89 Å². The number of aromatic nitrogens is 4. The topological polar surface area (TPSA) is 76.8 Å². The highest BCUT2D eigenvalue weighted by molar-refractivity contribution is 5.79. The van der Waals surface area contributed by atoms with E-state index in [0.29, 0.717) is 23.1 Å². The first-order valence-electron chi connectivity index (χ1n) is 9.77. The van der Waals surface area contributed by atoms with Crippen LogP contribution in [0.4, 0.5) is 4.39 Å². The van der Waals surface area contributed by atoms with Gasteiger partial charge in [-0.2, -0.15) is 4.98 Å². The van der Waals surface area contributed by atoms with Gasteiger partial charge in [-0.3, -0.25) is 0 Å². The van der Waals surface area contributed by atoms with Gasteiger partial charge < -0.3 is 14.2 Å². The summed E-state index contributed by atoms with van der Waals surface area (Å²) in [5.41, 5.74) is 5.94. The second-order valence-electron chi connectivity index (χ2n) is 7.39. The van der Waals surface area contributed by atoms with Crippen LogP contribution in [0.25, 0.3) is 45.3 Å². The first kappa shape index (κ1) is 19.0. The normalized spacial score (nSPS) is 11.2. The lowest BCUT2D eigenvalue weighted by atomic mass is 10.1. The summed E-state index contributed by atoms with van der Waals surface area (Å²) in [7, 11) is 1.66. The molecule has 154 valence electrons. The van der Waals surface area contributed by atoms with Crippen LogP contribution in [0.15, 0.2) is 59.1 Å². The summed E-state index contributed by atoms with van der Waals surface area (Å²) in [4.78, 5) is 12.2. The number of fused-ring (bicyclic) bond motifs is 1. The van der Waals surface area contributed by atoms with Crippen LogP contribution in [0.5, 0.6) is 5.75 Å². The predicted octanol–water partition coefficient (Wildman–Crippen LogP) is 5.71. The van der Waals surface area contributed by atoms with Crippen LogP contribution in [-0.4, -0.2) is 27.2 Å². The Morgan fingerprint density at radius 3 is 2.29 bits per heavy atom. The van der Waals surface area contributed by atoms with Crippen LogP contribution in [0.1, 0.15) is 11.1 Å². The summed E-state index contributed by atoms with van der Waals surface area (Å²) in [5, 5.41) is 4.13. The number of benzene rings is 3. The van der Waals surface area contributed by atoms with Crippen molar-refractivity contribution in [3.8, 4) is 40.0 Å². The summed E-state index contributed by atoms with van der Waals surface area (Å²) in [6.45, 7) is 3.97. The van der Waals surface area contributed by atoms with Crippen molar-refractivity contribution in [3.05, 3.63) is 71.5 Å². The molecular formula is C24H19FN4O2. The van der Waals surface area contributed by atoms with Gasteiger partial charge in [0, 0.05) is 22.8 Å². The van der Waals surface area contributed by atoms with Crippen LogP contribution in [0.3, 0.4) is 0 Å². The molecule has 2 heterocycles. The Morgan fingerprint density at radius 1 is 0.871 bits per heavy atom. The van der Waals surface area contributed by atoms with Gasteiger partial charge in [0.1, 0.15) is 17.4 Å². The fourth-order valence-electron chi connectivity index (χ4n) is 3.75. The smallest absolute Gasteiger partial charge is 0.258 e. The maximum absolute atomic E-state index is 13.4. The molecule has 0 aliphatic heterocycles. The molecule has 0 atom stereocenters. The van der Waals surface area contributed by atoms with Gasteiger partial charge in [0.15, 0.2) is 0 Å². The van der Waals surface area contributed by atoms with Gasteiger partial charge in [-0.1, -0.05) is 29.4 Å². The highest BCUT2D eigenvalue weighted by Crippen LogP contribution is 2.30. The van der Waals surface area contributed by atoms with Crippen LogP contribution in [0, 0.1) is 19.7 Å². The third kappa shape index (κ3) is 3.44. The largest absolute Gasteiger partial charge is 0.496 e. The second kappa shape index (κ2) is 7.36. The van der Waals surface area contributed by atoms with Gasteiger partial charge >= 0.3 is 0 Å². The Bertz CT molecular complexity index is 1380. The molecule has 0 aliphatic rings. The molecule has 0 saturated carbocycles. The van der Waals surface area contributed by atoms with E-state index in [-0.39, 0.29) is 5.82 Å². The monoisotopic (exact) mass is 414 g/mol. The second-order valence-corrected chi connectivity index (χ2v) is 7.39.